The molecule has 2 aliphatic heterocycles. The predicted molar refractivity (Wildman–Crippen MR) is 414 cm³/mol. The van der Waals surface area contributed by atoms with Gasteiger partial charge in [-0.05, 0) is 76.1 Å². The van der Waals surface area contributed by atoms with Gasteiger partial charge in [0.25, 0.3) is 0 Å². The summed E-state index contributed by atoms with van der Waals surface area (Å²) in [5, 5.41) is 75.7. The number of carbonyl (C=O) groups excluding carboxylic acids is 4. The number of hydrogen-bond donors (Lipinski definition) is 11. The van der Waals surface area contributed by atoms with Crippen molar-refractivity contribution in [3.05, 3.63) is 41.2 Å². The van der Waals surface area contributed by atoms with Crippen LogP contribution < -0.4 is 26.2 Å². The number of nitrogens with zero attached hydrogens (tertiary/aromatic N) is 9. The van der Waals surface area contributed by atoms with Crippen LogP contribution in [0.1, 0.15) is 127 Å². The van der Waals surface area contributed by atoms with E-state index in [4.69, 9.17) is 72.6 Å². The number of rotatable bonds is 61. The van der Waals surface area contributed by atoms with Crippen LogP contribution in [0.2, 0.25) is 0 Å². The van der Waals surface area contributed by atoms with Crippen molar-refractivity contribution in [2.45, 2.75) is 141 Å². The van der Waals surface area contributed by atoms with E-state index in [1.807, 2.05) is 36.2 Å². The summed E-state index contributed by atoms with van der Waals surface area (Å²) in [5.74, 6) is -6.18. The number of anilines is 2. The normalized spacial score (nSPS) is 15.3. The molecule has 3 atom stereocenters. The number of carboxylic acids is 7. The van der Waals surface area contributed by atoms with Crippen molar-refractivity contribution in [1.82, 2.24) is 55.4 Å². The van der Waals surface area contributed by atoms with Crippen molar-refractivity contribution in [3.63, 3.8) is 0 Å². The highest BCUT2D eigenvalue weighted by Gasteiger charge is 2.28. The van der Waals surface area contributed by atoms with E-state index in [0.29, 0.717) is 201 Å². The van der Waals surface area contributed by atoms with Crippen LogP contribution in [0.4, 0.5) is 16.7 Å². The molecule has 2 saturated heterocycles. The second-order valence-electron chi connectivity index (χ2n) is 27.2. The van der Waals surface area contributed by atoms with Crippen LogP contribution in [-0.4, -0.2) is 378 Å². The van der Waals surface area contributed by atoms with Gasteiger partial charge in [0, 0.05) is 124 Å². The van der Waals surface area contributed by atoms with E-state index in [2.05, 4.69) is 42.9 Å². The van der Waals surface area contributed by atoms with Crippen LogP contribution >= 0.6 is 0 Å². The molecule has 1 aromatic carbocycles. The zero-order chi connectivity index (χ0) is 83.8. The number of ether oxygens (including phenoxy) is 8. The fourth-order valence-electron chi connectivity index (χ4n) is 11.8. The van der Waals surface area contributed by atoms with E-state index in [0.717, 1.165) is 102 Å². The first-order valence-electron chi connectivity index (χ1n) is 39.3. The topological polar surface area (TPSA) is 509 Å². The molecule has 0 saturated carbocycles. The molecule has 2 fully saturated rings. The first-order chi connectivity index (χ1) is 54.9. The fourth-order valence-corrected chi connectivity index (χ4v) is 11.8. The number of likely N-dealkylation sites (N-methyl/N-ethyl adjacent to an activating group) is 1. The lowest BCUT2D eigenvalue weighted by Crippen LogP contribution is -2.52. The van der Waals surface area contributed by atoms with Gasteiger partial charge in [-0.3, -0.25) is 48.4 Å². The van der Waals surface area contributed by atoms with Crippen molar-refractivity contribution in [1.29, 1.82) is 0 Å². The highest BCUT2D eigenvalue weighted by molar-refractivity contribution is 5.86. The molecule has 114 heavy (non-hydrogen) atoms. The lowest BCUT2D eigenvalue weighted by molar-refractivity contribution is -0.192. The molecule has 0 spiro atoms. The molecule has 11 N–H and O–H groups in total. The number of nitrogens with one attached hydrogen (secondary N) is 4. The average molecular weight is 1630 g/mol. The largest absolute Gasteiger partial charge is 0.481 e. The first kappa shape index (κ1) is 102. The van der Waals surface area contributed by atoms with Crippen molar-refractivity contribution < 1.29 is 126 Å². The van der Waals surface area contributed by atoms with E-state index in [1.165, 1.54) is 0 Å². The Labute approximate surface area is 667 Å². The Kier molecular flexibility index (Phi) is 58.9. The van der Waals surface area contributed by atoms with E-state index in [1.54, 1.807) is 16.9 Å². The Morgan fingerprint density at radius 2 is 0.956 bits per heavy atom. The van der Waals surface area contributed by atoms with Gasteiger partial charge in [-0.1, -0.05) is 69.7 Å². The number of amides is 3. The molecule has 0 aliphatic carbocycles. The van der Waals surface area contributed by atoms with Gasteiger partial charge in [-0.25, -0.2) is 14.4 Å². The zero-order valence-electron chi connectivity index (χ0n) is 66.8. The Morgan fingerprint density at radius 1 is 0.482 bits per heavy atom. The smallest absolute Gasteiger partial charge is 0.373 e. The standard InChI is InChI=1S/C60H99N13O16.C14H28O8.CO2/c1-3-35-88-37-38-89-36-23-62-58-65-50(40-46-18-16-45(17-19-46)39-47-41-68(2)25-26-70(42-53(77)78)27-28-71(43-54(79)80)31-34-73(47)44-55(81)82)66-59(67-58)72-32-29-69(30-33-72)24-13-9-7-5-4-6-8-10-15-51(74)61-22-12-11-14-48(56(83)84)63-60(87)64-49(57(85)86)20-21-52(75)76;1-17-4-5-19-8-9-21-12-13-22-11-10-20-7-6-18-3-2-14(15)16;2-1-3/h16-19,47-49H,3-15,20-44H2,1-2H3,(H,61,74)(H,75,76)(H,77,78)(H,79,80)(H,81,82)(H,83,84)(H,85,86)(H2,63,64,87)(H,62,65,66,67);2-13H2,1H3,(H,15,16);/t47?,48-,49-;;/m0../s1. The number of carbonyl (C=O) groups is 9. The highest BCUT2D eigenvalue weighted by atomic mass is 16.6. The lowest BCUT2D eigenvalue weighted by Gasteiger charge is -2.37. The Morgan fingerprint density at radius 3 is 1.48 bits per heavy atom. The minimum atomic E-state index is -1.49. The number of urea groups is 1. The second kappa shape index (κ2) is 65.9. The highest BCUT2D eigenvalue weighted by Crippen LogP contribution is 2.20. The molecule has 2 aromatic rings. The summed E-state index contributed by atoms with van der Waals surface area (Å²) in [7, 11) is 3.58. The Balaban J connectivity index is 0.00000151. The maximum absolute atomic E-state index is 12.4. The molecule has 4 rings (SSSR count). The molecule has 3 heterocycles. The minimum Gasteiger partial charge on any atom is -0.481 e. The van der Waals surface area contributed by atoms with Crippen molar-refractivity contribution in [3.8, 4) is 0 Å². The van der Waals surface area contributed by atoms with Gasteiger partial charge in [0.1, 0.15) is 17.9 Å². The minimum absolute atomic E-state index is 0.0144. The molecule has 39 heteroatoms. The Hall–Kier alpha value is -8.28. The first-order valence-corrected chi connectivity index (χ1v) is 39.3. The maximum Gasteiger partial charge on any atom is 0.373 e. The predicted octanol–water partition coefficient (Wildman–Crippen LogP) is 1.93. The van der Waals surface area contributed by atoms with Gasteiger partial charge >= 0.3 is 54.0 Å². The van der Waals surface area contributed by atoms with Gasteiger partial charge in [-0.2, -0.15) is 24.5 Å². The summed E-state index contributed by atoms with van der Waals surface area (Å²) < 4.78 is 42.3. The third-order valence-corrected chi connectivity index (χ3v) is 17.9. The monoisotopic (exact) mass is 1630 g/mol. The number of carboxylic acid groups (broad SMARTS) is 7. The number of piperazine rings is 1. The molecule has 1 aromatic heterocycles. The molecule has 39 nitrogen and oxygen atoms in total. The molecule has 2 aliphatic rings. The molecule has 1 unspecified atom stereocenters. The quantitative estimate of drug-likeness (QED) is 0.0421. The van der Waals surface area contributed by atoms with Gasteiger partial charge < -0.3 is 105 Å². The van der Waals surface area contributed by atoms with Crippen LogP contribution in [0.5, 0.6) is 0 Å². The number of methoxy groups -OCH3 is 1. The van der Waals surface area contributed by atoms with Crippen LogP contribution in [0, 0.1) is 0 Å². The third-order valence-electron chi connectivity index (χ3n) is 17.9. The van der Waals surface area contributed by atoms with Crippen LogP contribution in [-0.2, 0) is 98.7 Å². The van der Waals surface area contributed by atoms with Crippen LogP contribution in [0.25, 0.3) is 0 Å². The van der Waals surface area contributed by atoms with E-state index >= 15 is 0 Å². The molecule has 648 valence electrons. The molecule has 0 bridgehead atoms. The van der Waals surface area contributed by atoms with E-state index < -0.39 is 66.3 Å². The summed E-state index contributed by atoms with van der Waals surface area (Å²) in [6.07, 6.45) is 11.0. The molecule has 3 amide bonds. The number of benzene rings is 1. The lowest BCUT2D eigenvalue weighted by atomic mass is 10.0. The fraction of sp³-hybridized carbons (Fsp3) is 0.747. The zero-order valence-corrected chi connectivity index (χ0v) is 66.8. The van der Waals surface area contributed by atoms with E-state index in [9.17, 15) is 68.7 Å². The van der Waals surface area contributed by atoms with Gasteiger partial charge in [0.05, 0.1) is 119 Å². The summed E-state index contributed by atoms with van der Waals surface area (Å²) in [5.41, 5.74) is 1.98. The molecular formula is C75H127N13O26. The van der Waals surface area contributed by atoms with Crippen molar-refractivity contribution in [2.75, 3.05) is 235 Å². The summed E-state index contributed by atoms with van der Waals surface area (Å²) in [6, 6.07) is 4.11. The third kappa shape index (κ3) is 54.5. The van der Waals surface area contributed by atoms with Crippen LogP contribution in [0.3, 0.4) is 0 Å². The van der Waals surface area contributed by atoms with Gasteiger partial charge in [-0.15, -0.1) is 0 Å². The summed E-state index contributed by atoms with van der Waals surface area (Å²) in [4.78, 5) is 148. The number of aliphatic carboxylic acids is 7. The number of hydrogen-bond acceptors (Lipinski definition) is 29. The summed E-state index contributed by atoms with van der Waals surface area (Å²) in [6.45, 7) is 16.8. The second-order valence-corrected chi connectivity index (χ2v) is 27.2. The number of aromatic nitrogens is 3. The average Bonchev–Trinajstić information content (AvgIpc) is 0.826. The number of unbranched alkanes of at least 4 members (excludes halogenated alkanes) is 8. The van der Waals surface area contributed by atoms with Gasteiger partial charge in [0.2, 0.25) is 17.8 Å². The van der Waals surface area contributed by atoms with Crippen LogP contribution in [0.15, 0.2) is 24.3 Å². The van der Waals surface area contributed by atoms with Crippen molar-refractivity contribution >= 4 is 71.8 Å². The van der Waals surface area contributed by atoms with Crippen molar-refractivity contribution in [2.24, 2.45) is 0 Å². The SMILES string of the molecule is CCCOCCOCCNc1nc(Cc2ccc(CC3CN(C)CCN(CC(=O)O)CCN(CC(=O)O)CCN3CC(=O)O)cc2)nc(N2CCN(CCCCCCCCCCC(=O)NCCCC[C@H](NC(=O)N[C@@H](CCC(=O)O)C(=O)O)C(=O)O)CC2)n1.COCCOCCOCCOCCOCCOCCC(=O)O.O=C=O. The van der Waals surface area contributed by atoms with Gasteiger partial charge in [0.15, 0.2) is 0 Å². The molecule has 0 radical (unpaired) electrons. The Bertz CT molecular complexity index is 3010. The maximum atomic E-state index is 12.4. The summed E-state index contributed by atoms with van der Waals surface area (Å²) >= 11 is 0. The van der Waals surface area contributed by atoms with E-state index in [-0.39, 0.29) is 63.6 Å². The molecular weight excluding hydrogens is 1500 g/mol.